The normalized spacial score (nSPS) is 20.8. The summed E-state index contributed by atoms with van der Waals surface area (Å²) in [6, 6.07) is 8.06. The minimum atomic E-state index is -0.380. The molecule has 2 heterocycles. The van der Waals surface area contributed by atoms with Crippen molar-refractivity contribution in [2.45, 2.75) is 38.6 Å². The van der Waals surface area contributed by atoms with Crippen LogP contribution >= 0.6 is 11.3 Å². The minimum absolute atomic E-state index is 0.0546. The zero-order valence-corrected chi connectivity index (χ0v) is 16.1. The van der Waals surface area contributed by atoms with Gasteiger partial charge in [-0.05, 0) is 50.3 Å². The summed E-state index contributed by atoms with van der Waals surface area (Å²) in [5.74, 6) is 0.975. The molecule has 1 amide bonds. The lowest BCUT2D eigenvalue weighted by Crippen LogP contribution is -2.63. The molecule has 1 aromatic heterocycles. The first-order chi connectivity index (χ1) is 12.6. The number of nitrogens with zero attached hydrogens (tertiary/aromatic N) is 1. The van der Waals surface area contributed by atoms with Gasteiger partial charge in [0.1, 0.15) is 5.75 Å². The predicted molar refractivity (Wildman–Crippen MR) is 103 cm³/mol. The van der Waals surface area contributed by atoms with E-state index in [0.29, 0.717) is 13.1 Å². The van der Waals surface area contributed by atoms with Crippen LogP contribution in [0, 0.1) is 12.3 Å². The lowest BCUT2D eigenvalue weighted by atomic mass is 9.75. The van der Waals surface area contributed by atoms with Gasteiger partial charge in [0.25, 0.3) is 0 Å². The second kappa shape index (κ2) is 7.00. The van der Waals surface area contributed by atoms with E-state index in [2.05, 4.69) is 21.7 Å². The van der Waals surface area contributed by atoms with Crippen LogP contribution in [0.1, 0.15) is 40.0 Å². The van der Waals surface area contributed by atoms with E-state index in [1.807, 2.05) is 25.1 Å². The Balaban J connectivity index is 1.51. The van der Waals surface area contributed by atoms with Crippen molar-refractivity contribution in [3.05, 3.63) is 45.4 Å². The molecule has 1 atom stereocenters. The maximum atomic E-state index is 13.2. The number of nitrogens with one attached hydrogen (secondary N) is 2. The monoisotopic (exact) mass is 371 g/mol. The number of aromatic nitrogens is 1. The molecule has 1 unspecified atom stereocenters. The number of methoxy groups -OCH3 is 1. The van der Waals surface area contributed by atoms with Crippen molar-refractivity contribution in [1.82, 2.24) is 15.6 Å². The Bertz CT molecular complexity index is 813. The van der Waals surface area contributed by atoms with Crippen LogP contribution in [-0.2, 0) is 17.6 Å². The van der Waals surface area contributed by atoms with Gasteiger partial charge in [-0.1, -0.05) is 12.1 Å². The van der Waals surface area contributed by atoms with Crippen molar-refractivity contribution in [2.75, 3.05) is 20.2 Å². The summed E-state index contributed by atoms with van der Waals surface area (Å²) in [6.07, 6.45) is 3.90. The molecule has 1 aliphatic carbocycles. The number of hydrogen-bond donors (Lipinski definition) is 2. The van der Waals surface area contributed by atoms with Gasteiger partial charge >= 0.3 is 0 Å². The van der Waals surface area contributed by atoms with E-state index in [9.17, 15) is 4.79 Å². The van der Waals surface area contributed by atoms with E-state index >= 15 is 0 Å². The number of hydrogen-bond acceptors (Lipinski definition) is 5. The fourth-order valence-corrected chi connectivity index (χ4v) is 5.00. The Morgan fingerprint density at radius 3 is 3.04 bits per heavy atom. The Labute approximate surface area is 158 Å². The van der Waals surface area contributed by atoms with Crippen LogP contribution in [0.15, 0.2) is 24.3 Å². The molecule has 6 heteroatoms. The van der Waals surface area contributed by atoms with Crippen LogP contribution in [0.5, 0.6) is 5.75 Å². The van der Waals surface area contributed by atoms with Crippen LogP contribution in [0.4, 0.5) is 0 Å². The number of rotatable bonds is 5. The Morgan fingerprint density at radius 2 is 2.31 bits per heavy atom. The average Bonchev–Trinajstić information content (AvgIpc) is 2.99. The van der Waals surface area contributed by atoms with E-state index < -0.39 is 0 Å². The van der Waals surface area contributed by atoms with Crippen molar-refractivity contribution >= 4 is 17.2 Å². The van der Waals surface area contributed by atoms with Gasteiger partial charge in [-0.15, -0.1) is 11.3 Å². The lowest BCUT2D eigenvalue weighted by Gasteiger charge is -2.42. The summed E-state index contributed by atoms with van der Waals surface area (Å²) >= 11 is 1.77. The third kappa shape index (κ3) is 3.23. The summed E-state index contributed by atoms with van der Waals surface area (Å²) < 4.78 is 5.32. The van der Waals surface area contributed by atoms with E-state index in [0.717, 1.165) is 47.7 Å². The first-order valence-electron chi connectivity index (χ1n) is 9.20. The maximum absolute atomic E-state index is 13.2. The Hall–Kier alpha value is -1.92. The van der Waals surface area contributed by atoms with Crippen molar-refractivity contribution < 1.29 is 9.53 Å². The second-order valence-electron chi connectivity index (χ2n) is 7.37. The quantitative estimate of drug-likeness (QED) is 0.848. The highest BCUT2D eigenvalue weighted by Gasteiger charge is 2.45. The zero-order chi connectivity index (χ0) is 18.1. The first-order valence-corrected chi connectivity index (χ1v) is 10.0. The van der Waals surface area contributed by atoms with Crippen LogP contribution < -0.4 is 15.4 Å². The second-order valence-corrected chi connectivity index (χ2v) is 8.66. The van der Waals surface area contributed by atoms with Gasteiger partial charge in [-0.3, -0.25) is 4.79 Å². The molecular formula is C20H25N3O2S. The summed E-state index contributed by atoms with van der Waals surface area (Å²) in [7, 11) is 1.67. The molecule has 1 saturated heterocycles. The highest BCUT2D eigenvalue weighted by atomic mass is 32.1. The third-order valence-electron chi connectivity index (χ3n) is 5.45. The van der Waals surface area contributed by atoms with E-state index in [1.165, 1.54) is 4.88 Å². The number of fused-ring (bicyclic) bond motifs is 1. The topological polar surface area (TPSA) is 63.2 Å². The minimum Gasteiger partial charge on any atom is -0.497 e. The van der Waals surface area contributed by atoms with Crippen molar-refractivity contribution in [2.24, 2.45) is 5.41 Å². The van der Waals surface area contributed by atoms with Crippen LogP contribution in [-0.4, -0.2) is 31.1 Å². The highest BCUT2D eigenvalue weighted by molar-refractivity contribution is 7.11. The molecule has 1 aliphatic heterocycles. The molecule has 1 fully saturated rings. The number of ether oxygens (including phenoxy) is 1. The number of carbonyl (C=O) groups excluding carboxylic acids is 1. The molecule has 0 saturated carbocycles. The smallest absolute Gasteiger partial charge is 0.229 e. The summed E-state index contributed by atoms with van der Waals surface area (Å²) in [6.45, 7) is 3.47. The summed E-state index contributed by atoms with van der Waals surface area (Å²) in [5, 5.41) is 7.69. The zero-order valence-electron chi connectivity index (χ0n) is 15.3. The molecule has 2 aromatic rings. The van der Waals surface area contributed by atoms with Gasteiger partial charge in [0.2, 0.25) is 5.91 Å². The molecule has 2 aliphatic rings. The SMILES string of the molecule is COc1cccc(CC2(C(=O)NC3CCCc4sc(C)nc43)CNC2)c1. The fourth-order valence-electron chi connectivity index (χ4n) is 3.96. The largest absolute Gasteiger partial charge is 0.497 e. The van der Waals surface area contributed by atoms with Gasteiger partial charge in [0.15, 0.2) is 0 Å². The number of carbonyl (C=O) groups is 1. The van der Waals surface area contributed by atoms with E-state index in [-0.39, 0.29) is 17.4 Å². The molecule has 0 bridgehead atoms. The van der Waals surface area contributed by atoms with Crippen LogP contribution in [0.25, 0.3) is 0 Å². The third-order valence-corrected chi connectivity index (χ3v) is 6.50. The van der Waals surface area contributed by atoms with Gasteiger partial charge in [-0.25, -0.2) is 4.98 Å². The molecular weight excluding hydrogens is 346 g/mol. The molecule has 1 aromatic carbocycles. The first kappa shape index (κ1) is 17.5. The molecule has 0 spiro atoms. The Kier molecular flexibility index (Phi) is 4.71. The predicted octanol–water partition coefficient (Wildman–Crippen LogP) is 2.79. The number of thiazole rings is 1. The molecule has 5 nitrogen and oxygen atoms in total. The Morgan fingerprint density at radius 1 is 1.46 bits per heavy atom. The van der Waals surface area contributed by atoms with Gasteiger partial charge in [-0.2, -0.15) is 0 Å². The number of amides is 1. The standard InChI is InChI=1S/C20H25N3O2S/c1-13-22-18-16(7-4-8-17(18)26-13)23-19(24)20(11-21-12-20)10-14-5-3-6-15(9-14)25-2/h3,5-6,9,16,21H,4,7-8,10-12H2,1-2H3,(H,23,24). The average molecular weight is 372 g/mol. The van der Waals surface area contributed by atoms with Crippen LogP contribution in [0.3, 0.4) is 0 Å². The number of aryl methyl sites for hydroxylation is 2. The number of benzene rings is 1. The molecule has 0 radical (unpaired) electrons. The molecule has 138 valence electrons. The van der Waals surface area contributed by atoms with E-state index in [4.69, 9.17) is 4.74 Å². The van der Waals surface area contributed by atoms with Crippen LogP contribution in [0.2, 0.25) is 0 Å². The molecule has 4 rings (SSSR count). The lowest BCUT2D eigenvalue weighted by molar-refractivity contribution is -0.134. The molecule has 26 heavy (non-hydrogen) atoms. The van der Waals surface area contributed by atoms with Crippen molar-refractivity contribution in [1.29, 1.82) is 0 Å². The van der Waals surface area contributed by atoms with Gasteiger partial charge in [0, 0.05) is 18.0 Å². The van der Waals surface area contributed by atoms with E-state index in [1.54, 1.807) is 18.4 Å². The highest BCUT2D eigenvalue weighted by Crippen LogP contribution is 2.35. The maximum Gasteiger partial charge on any atom is 0.229 e. The summed E-state index contributed by atoms with van der Waals surface area (Å²) in [4.78, 5) is 19.2. The summed E-state index contributed by atoms with van der Waals surface area (Å²) in [5.41, 5.74) is 1.85. The van der Waals surface area contributed by atoms with Crippen molar-refractivity contribution in [3.8, 4) is 5.75 Å². The fraction of sp³-hybridized carbons (Fsp3) is 0.500. The van der Waals surface area contributed by atoms with Crippen molar-refractivity contribution in [3.63, 3.8) is 0 Å². The molecule has 2 N–H and O–H groups in total. The van der Waals surface area contributed by atoms with Gasteiger partial charge < -0.3 is 15.4 Å². The van der Waals surface area contributed by atoms with Gasteiger partial charge in [0.05, 0.1) is 29.3 Å².